The van der Waals surface area contributed by atoms with Crippen molar-refractivity contribution in [1.82, 2.24) is 4.90 Å². The van der Waals surface area contributed by atoms with Crippen LogP contribution in [0.15, 0.2) is 84.9 Å². The van der Waals surface area contributed by atoms with E-state index in [1.807, 2.05) is 88.7 Å². The summed E-state index contributed by atoms with van der Waals surface area (Å²) in [6, 6.07) is 27.5. The lowest BCUT2D eigenvalue weighted by atomic mass is 9.84. The van der Waals surface area contributed by atoms with Gasteiger partial charge < -0.3 is 4.90 Å². The average Bonchev–Trinajstić information content (AvgIpc) is 3.11. The summed E-state index contributed by atoms with van der Waals surface area (Å²) in [5, 5.41) is 0. The minimum absolute atomic E-state index is 0.108. The first-order valence-corrected chi connectivity index (χ1v) is 11.0. The number of anilines is 2. The molecule has 1 unspecified atom stereocenters. The lowest BCUT2D eigenvalue weighted by Crippen LogP contribution is -2.39. The van der Waals surface area contributed by atoms with Gasteiger partial charge in [-0.1, -0.05) is 54.6 Å². The van der Waals surface area contributed by atoms with Crippen LogP contribution in [-0.4, -0.2) is 29.8 Å². The number of nitrogens with zero attached hydrogens (tertiary/aromatic N) is 2. The number of amides is 2. The molecule has 1 saturated heterocycles. The van der Waals surface area contributed by atoms with E-state index in [4.69, 9.17) is 0 Å². The smallest absolute Gasteiger partial charge is 0.253 e. The Hall–Kier alpha value is -3.40. The van der Waals surface area contributed by atoms with Gasteiger partial charge in [0.1, 0.15) is 0 Å². The molecule has 1 fully saturated rings. The Morgan fingerprint density at radius 3 is 2.13 bits per heavy atom. The molecule has 3 aromatic rings. The predicted octanol–water partition coefficient (Wildman–Crippen LogP) is 5.39. The molecule has 3 aromatic carbocycles. The molecule has 5 rings (SSSR count). The summed E-state index contributed by atoms with van der Waals surface area (Å²) in [5.74, 6) is 0.599. The highest BCUT2D eigenvalue weighted by Crippen LogP contribution is 2.45. The Morgan fingerprint density at radius 1 is 0.806 bits per heavy atom. The highest BCUT2D eigenvalue weighted by atomic mass is 16.2. The van der Waals surface area contributed by atoms with Crippen LogP contribution < -0.4 is 4.90 Å². The van der Waals surface area contributed by atoms with Crippen LogP contribution >= 0.6 is 0 Å². The summed E-state index contributed by atoms with van der Waals surface area (Å²) in [6.45, 7) is 1.51. The standard InChI is InChI=1S/C27H26N2O2/c30-26(21-9-3-1-4-10-21)28-17-15-20(16-18-28)19-24-23-13-7-8-14-25(23)29(27(24)31)22-11-5-2-6-12-22/h1-14,20,24H,15-19H2. The minimum atomic E-state index is -0.113. The Labute approximate surface area is 183 Å². The number of carbonyl (C=O) groups is 2. The van der Waals surface area contributed by atoms with Crippen molar-refractivity contribution in [2.45, 2.75) is 25.2 Å². The topological polar surface area (TPSA) is 40.6 Å². The maximum atomic E-state index is 13.5. The Morgan fingerprint density at radius 2 is 1.42 bits per heavy atom. The van der Waals surface area contributed by atoms with Gasteiger partial charge in [0, 0.05) is 24.3 Å². The second-order valence-electron chi connectivity index (χ2n) is 8.46. The van der Waals surface area contributed by atoms with E-state index in [2.05, 4.69) is 6.07 Å². The van der Waals surface area contributed by atoms with Gasteiger partial charge in [0.2, 0.25) is 5.91 Å². The van der Waals surface area contributed by atoms with E-state index in [0.29, 0.717) is 5.92 Å². The van der Waals surface area contributed by atoms with E-state index in [1.165, 1.54) is 0 Å². The molecular formula is C27H26N2O2. The molecule has 2 heterocycles. The van der Waals surface area contributed by atoms with Crippen molar-refractivity contribution in [2.75, 3.05) is 18.0 Å². The summed E-state index contributed by atoms with van der Waals surface area (Å²) >= 11 is 0. The third-order valence-corrected chi connectivity index (χ3v) is 6.58. The molecule has 156 valence electrons. The quantitative estimate of drug-likeness (QED) is 0.578. The molecule has 1 atom stereocenters. The summed E-state index contributed by atoms with van der Waals surface area (Å²) in [5.41, 5.74) is 3.80. The Balaban J connectivity index is 1.29. The molecule has 0 aromatic heterocycles. The fourth-order valence-corrected chi connectivity index (χ4v) is 4.93. The van der Waals surface area contributed by atoms with Gasteiger partial charge in [-0.2, -0.15) is 0 Å². The molecule has 0 aliphatic carbocycles. The SMILES string of the molecule is O=C(c1ccccc1)N1CCC(CC2C(=O)N(c3ccccc3)c3ccccc32)CC1. The number of benzene rings is 3. The Kier molecular flexibility index (Phi) is 5.29. The summed E-state index contributed by atoms with van der Waals surface area (Å²) in [7, 11) is 0. The Bertz CT molecular complexity index is 1070. The molecule has 0 N–H and O–H groups in total. The van der Waals surface area contributed by atoms with Crippen molar-refractivity contribution in [3.8, 4) is 0 Å². The number of piperidine rings is 1. The zero-order valence-corrected chi connectivity index (χ0v) is 17.5. The zero-order chi connectivity index (χ0) is 21.2. The van der Waals surface area contributed by atoms with Gasteiger partial charge in [-0.15, -0.1) is 0 Å². The number of hydrogen-bond donors (Lipinski definition) is 0. The second kappa shape index (κ2) is 8.38. The third kappa shape index (κ3) is 3.74. The van der Waals surface area contributed by atoms with E-state index in [1.54, 1.807) is 0 Å². The van der Waals surface area contributed by atoms with Crippen molar-refractivity contribution in [3.63, 3.8) is 0 Å². The lowest BCUT2D eigenvalue weighted by molar-refractivity contribution is -0.119. The van der Waals surface area contributed by atoms with E-state index < -0.39 is 0 Å². The van der Waals surface area contributed by atoms with E-state index in [0.717, 1.165) is 54.9 Å². The van der Waals surface area contributed by atoms with Gasteiger partial charge in [-0.3, -0.25) is 14.5 Å². The van der Waals surface area contributed by atoms with Crippen LogP contribution in [-0.2, 0) is 4.79 Å². The highest BCUT2D eigenvalue weighted by molar-refractivity contribution is 6.10. The van der Waals surface area contributed by atoms with Gasteiger partial charge in [0.15, 0.2) is 0 Å². The third-order valence-electron chi connectivity index (χ3n) is 6.58. The maximum Gasteiger partial charge on any atom is 0.253 e. The number of carbonyl (C=O) groups excluding carboxylic acids is 2. The molecule has 31 heavy (non-hydrogen) atoms. The minimum Gasteiger partial charge on any atom is -0.339 e. The van der Waals surface area contributed by atoms with Crippen LogP contribution in [0.5, 0.6) is 0 Å². The average molecular weight is 411 g/mol. The summed E-state index contributed by atoms with van der Waals surface area (Å²) in [6.07, 6.45) is 2.72. The fourth-order valence-electron chi connectivity index (χ4n) is 4.93. The van der Waals surface area contributed by atoms with E-state index in [9.17, 15) is 9.59 Å². The lowest BCUT2D eigenvalue weighted by Gasteiger charge is -2.33. The number of rotatable bonds is 4. The number of para-hydroxylation sites is 2. The molecule has 4 nitrogen and oxygen atoms in total. The van der Waals surface area contributed by atoms with Gasteiger partial charge in [0.25, 0.3) is 5.91 Å². The van der Waals surface area contributed by atoms with Crippen LogP contribution in [0, 0.1) is 5.92 Å². The fraction of sp³-hybridized carbons (Fsp3) is 0.259. The molecule has 2 amide bonds. The van der Waals surface area contributed by atoms with Gasteiger partial charge in [-0.05, 0) is 61.1 Å². The van der Waals surface area contributed by atoms with E-state index >= 15 is 0 Å². The second-order valence-corrected chi connectivity index (χ2v) is 8.46. The van der Waals surface area contributed by atoms with E-state index in [-0.39, 0.29) is 17.7 Å². The van der Waals surface area contributed by atoms with Gasteiger partial charge in [0.05, 0.1) is 11.6 Å². The van der Waals surface area contributed by atoms with Crippen LogP contribution in [0.25, 0.3) is 0 Å². The molecular weight excluding hydrogens is 384 g/mol. The zero-order valence-electron chi connectivity index (χ0n) is 17.5. The van der Waals surface area contributed by atoms with Gasteiger partial charge >= 0.3 is 0 Å². The first-order chi connectivity index (χ1) is 15.2. The monoisotopic (exact) mass is 410 g/mol. The molecule has 0 radical (unpaired) electrons. The predicted molar refractivity (Wildman–Crippen MR) is 122 cm³/mol. The molecule has 0 saturated carbocycles. The number of fused-ring (bicyclic) bond motifs is 1. The van der Waals surface area contributed by atoms with Crippen LogP contribution in [0.2, 0.25) is 0 Å². The normalized spacial score (nSPS) is 18.8. The number of hydrogen-bond acceptors (Lipinski definition) is 2. The van der Waals surface area contributed by atoms with Crippen LogP contribution in [0.4, 0.5) is 11.4 Å². The molecule has 0 spiro atoms. The first kappa shape index (κ1) is 19.6. The van der Waals surface area contributed by atoms with Crippen molar-refractivity contribution in [2.24, 2.45) is 5.92 Å². The van der Waals surface area contributed by atoms with Crippen LogP contribution in [0.1, 0.15) is 41.1 Å². The van der Waals surface area contributed by atoms with Crippen molar-refractivity contribution >= 4 is 23.2 Å². The van der Waals surface area contributed by atoms with Crippen molar-refractivity contribution < 1.29 is 9.59 Å². The first-order valence-electron chi connectivity index (χ1n) is 11.0. The maximum absolute atomic E-state index is 13.5. The molecule has 2 aliphatic heterocycles. The summed E-state index contributed by atoms with van der Waals surface area (Å²) < 4.78 is 0. The summed E-state index contributed by atoms with van der Waals surface area (Å²) in [4.78, 5) is 30.0. The molecule has 4 heteroatoms. The van der Waals surface area contributed by atoms with Gasteiger partial charge in [-0.25, -0.2) is 0 Å². The highest BCUT2D eigenvalue weighted by Gasteiger charge is 2.39. The largest absolute Gasteiger partial charge is 0.339 e. The molecule has 0 bridgehead atoms. The number of likely N-dealkylation sites (tertiary alicyclic amines) is 1. The van der Waals surface area contributed by atoms with Crippen LogP contribution in [0.3, 0.4) is 0 Å². The van der Waals surface area contributed by atoms with Crippen molar-refractivity contribution in [3.05, 3.63) is 96.1 Å². The molecule has 2 aliphatic rings. The van der Waals surface area contributed by atoms with Crippen molar-refractivity contribution in [1.29, 1.82) is 0 Å².